The Hall–Kier alpha value is -2.18. The Bertz CT molecular complexity index is 783. The molecule has 154 valence electrons. The topological polar surface area (TPSA) is 70.4 Å². The van der Waals surface area contributed by atoms with Gasteiger partial charge in [0.2, 0.25) is 5.91 Å². The predicted octanol–water partition coefficient (Wildman–Crippen LogP) is 3.59. The Morgan fingerprint density at radius 2 is 1.79 bits per heavy atom. The second kappa shape index (κ2) is 8.45. The van der Waals surface area contributed by atoms with E-state index in [2.05, 4.69) is 26.1 Å². The van der Waals surface area contributed by atoms with Crippen LogP contribution in [0.1, 0.15) is 54.2 Å². The maximum absolute atomic E-state index is 12.8. The van der Waals surface area contributed by atoms with E-state index in [4.69, 9.17) is 5.10 Å². The highest BCUT2D eigenvalue weighted by Crippen LogP contribution is 2.26. The van der Waals surface area contributed by atoms with Gasteiger partial charge in [-0.1, -0.05) is 39.0 Å². The quantitative estimate of drug-likeness (QED) is 0.763. The minimum Gasteiger partial charge on any atom is -0.389 e. The average molecular weight is 387 g/mol. The molecular weight excluding hydrogens is 352 g/mol. The first-order valence-electron chi connectivity index (χ1n) is 9.79. The van der Waals surface area contributed by atoms with Crippen LogP contribution in [0.25, 0.3) is 5.69 Å². The molecule has 0 fully saturated rings. The number of hydrogen-bond acceptors (Lipinski definition) is 4. The summed E-state index contributed by atoms with van der Waals surface area (Å²) in [5.74, 6) is 0.517. The third-order valence-electron chi connectivity index (χ3n) is 4.41. The number of benzene rings is 1. The summed E-state index contributed by atoms with van der Waals surface area (Å²) in [4.78, 5) is 14.7. The molecule has 0 saturated carbocycles. The zero-order valence-electron chi connectivity index (χ0n) is 18.2. The van der Waals surface area contributed by atoms with Crippen LogP contribution in [0.2, 0.25) is 0 Å². The third-order valence-corrected chi connectivity index (χ3v) is 4.41. The highest BCUT2D eigenvalue weighted by atomic mass is 16.3. The lowest BCUT2D eigenvalue weighted by Gasteiger charge is -2.31. The number of anilines is 1. The van der Waals surface area contributed by atoms with Crippen molar-refractivity contribution >= 4 is 11.7 Å². The Balaban J connectivity index is 2.26. The molecule has 0 aliphatic heterocycles. The fourth-order valence-corrected chi connectivity index (χ4v) is 2.89. The van der Waals surface area contributed by atoms with Crippen LogP contribution in [0.3, 0.4) is 0 Å². The lowest BCUT2D eigenvalue weighted by Crippen LogP contribution is -2.46. The summed E-state index contributed by atoms with van der Waals surface area (Å²) >= 11 is 0. The Morgan fingerprint density at radius 1 is 1.18 bits per heavy atom. The van der Waals surface area contributed by atoms with E-state index in [0.717, 1.165) is 11.4 Å². The van der Waals surface area contributed by atoms with Crippen molar-refractivity contribution in [2.45, 2.75) is 65.5 Å². The summed E-state index contributed by atoms with van der Waals surface area (Å²) in [7, 11) is 0. The summed E-state index contributed by atoms with van der Waals surface area (Å²) in [5, 5.41) is 17.9. The highest BCUT2D eigenvalue weighted by molar-refractivity contribution is 5.91. The van der Waals surface area contributed by atoms with Crippen LogP contribution in [-0.4, -0.2) is 50.4 Å². The Morgan fingerprint density at radius 3 is 2.29 bits per heavy atom. The number of nitrogens with one attached hydrogen (secondary N) is 1. The molecule has 0 atom stereocenters. The molecule has 6 nitrogen and oxygen atoms in total. The van der Waals surface area contributed by atoms with Gasteiger partial charge in [-0.05, 0) is 39.8 Å². The summed E-state index contributed by atoms with van der Waals surface area (Å²) in [6.45, 7) is 14.5. The first-order valence-corrected chi connectivity index (χ1v) is 9.79. The van der Waals surface area contributed by atoms with E-state index in [1.807, 2.05) is 55.1 Å². The van der Waals surface area contributed by atoms with Gasteiger partial charge in [0.15, 0.2) is 0 Å². The number of rotatable bonds is 7. The second-order valence-corrected chi connectivity index (χ2v) is 9.27. The molecule has 28 heavy (non-hydrogen) atoms. The lowest BCUT2D eigenvalue weighted by molar-refractivity contribution is -0.118. The maximum atomic E-state index is 12.8. The molecule has 6 heteroatoms. The largest absolute Gasteiger partial charge is 0.389 e. The van der Waals surface area contributed by atoms with Crippen molar-refractivity contribution in [3.63, 3.8) is 0 Å². The number of para-hydroxylation sites is 1. The van der Waals surface area contributed by atoms with E-state index in [9.17, 15) is 9.90 Å². The smallest absolute Gasteiger partial charge is 0.239 e. The summed E-state index contributed by atoms with van der Waals surface area (Å²) in [5.41, 5.74) is 0.800. The van der Waals surface area contributed by atoms with Crippen molar-refractivity contribution < 1.29 is 9.90 Å². The van der Waals surface area contributed by atoms with Crippen LogP contribution >= 0.6 is 0 Å². The fraction of sp³-hybridized carbons (Fsp3) is 0.545. The van der Waals surface area contributed by atoms with Crippen molar-refractivity contribution in [2.75, 3.05) is 18.4 Å². The molecule has 0 bridgehead atoms. The number of hydrogen-bond donors (Lipinski definition) is 2. The molecular formula is C22H34N4O2. The van der Waals surface area contributed by atoms with Crippen LogP contribution in [0, 0.1) is 0 Å². The van der Waals surface area contributed by atoms with Crippen LogP contribution in [0.15, 0.2) is 36.4 Å². The van der Waals surface area contributed by atoms with Gasteiger partial charge in [-0.15, -0.1) is 0 Å². The van der Waals surface area contributed by atoms with Gasteiger partial charge in [0, 0.05) is 24.1 Å². The minimum absolute atomic E-state index is 0.129. The fourth-order valence-electron chi connectivity index (χ4n) is 2.89. The molecule has 2 aromatic rings. The molecule has 1 heterocycles. The van der Waals surface area contributed by atoms with Gasteiger partial charge in [0.25, 0.3) is 0 Å². The Kier molecular flexibility index (Phi) is 6.67. The van der Waals surface area contributed by atoms with Crippen molar-refractivity contribution in [3.8, 4) is 5.69 Å². The number of carbonyl (C=O) groups is 1. The van der Waals surface area contributed by atoms with E-state index in [0.29, 0.717) is 12.4 Å². The van der Waals surface area contributed by atoms with Crippen LogP contribution < -0.4 is 5.32 Å². The summed E-state index contributed by atoms with van der Waals surface area (Å²) in [6.07, 6.45) is 0. The second-order valence-electron chi connectivity index (χ2n) is 9.27. The van der Waals surface area contributed by atoms with Crippen molar-refractivity contribution in [1.82, 2.24) is 14.7 Å². The molecule has 0 aliphatic rings. The molecule has 0 aliphatic carbocycles. The SMILES string of the molecule is CC(C)N(CC(=O)Nc1cc(C(C)(C)C)nn1-c1ccccc1)CC(C)(C)O. The molecule has 1 amide bonds. The summed E-state index contributed by atoms with van der Waals surface area (Å²) in [6, 6.07) is 11.8. The molecule has 0 saturated heterocycles. The van der Waals surface area contributed by atoms with Gasteiger partial charge < -0.3 is 10.4 Å². The van der Waals surface area contributed by atoms with E-state index in [1.165, 1.54) is 0 Å². The van der Waals surface area contributed by atoms with Crippen molar-refractivity contribution in [1.29, 1.82) is 0 Å². The summed E-state index contributed by atoms with van der Waals surface area (Å²) < 4.78 is 1.77. The third kappa shape index (κ3) is 6.17. The zero-order valence-corrected chi connectivity index (χ0v) is 18.2. The lowest BCUT2D eigenvalue weighted by atomic mass is 9.92. The molecule has 2 rings (SSSR count). The number of nitrogens with zero attached hydrogens (tertiary/aromatic N) is 3. The van der Waals surface area contributed by atoms with Crippen LogP contribution in [-0.2, 0) is 10.2 Å². The van der Waals surface area contributed by atoms with Gasteiger partial charge >= 0.3 is 0 Å². The molecule has 0 unspecified atom stereocenters. The number of aromatic nitrogens is 2. The van der Waals surface area contributed by atoms with E-state index in [1.54, 1.807) is 18.5 Å². The number of aliphatic hydroxyl groups is 1. The van der Waals surface area contributed by atoms with E-state index in [-0.39, 0.29) is 23.9 Å². The van der Waals surface area contributed by atoms with Gasteiger partial charge in [-0.25, -0.2) is 4.68 Å². The van der Waals surface area contributed by atoms with Gasteiger partial charge in [0.05, 0.1) is 23.5 Å². The van der Waals surface area contributed by atoms with E-state index < -0.39 is 5.60 Å². The van der Waals surface area contributed by atoms with Crippen molar-refractivity contribution in [2.24, 2.45) is 0 Å². The average Bonchev–Trinajstić information content (AvgIpc) is 2.97. The highest BCUT2D eigenvalue weighted by Gasteiger charge is 2.24. The first-order chi connectivity index (χ1) is 12.9. The maximum Gasteiger partial charge on any atom is 0.239 e. The molecule has 1 aromatic heterocycles. The van der Waals surface area contributed by atoms with Gasteiger partial charge in [0.1, 0.15) is 5.82 Å². The zero-order chi connectivity index (χ0) is 21.1. The van der Waals surface area contributed by atoms with E-state index >= 15 is 0 Å². The standard InChI is InChI=1S/C22H34N4O2/c1-16(2)25(15-22(6,7)28)14-20(27)23-19-13-18(21(3,4)5)24-26(19)17-11-9-8-10-12-17/h8-13,16,28H,14-15H2,1-7H3,(H,23,27). The normalized spacial score (nSPS) is 12.6. The first kappa shape index (κ1) is 22.1. The molecule has 2 N–H and O–H groups in total. The molecule has 0 spiro atoms. The molecule has 1 aromatic carbocycles. The van der Waals surface area contributed by atoms with Gasteiger partial charge in [-0.3, -0.25) is 9.69 Å². The molecule has 0 radical (unpaired) electrons. The predicted molar refractivity (Wildman–Crippen MR) is 114 cm³/mol. The van der Waals surface area contributed by atoms with Crippen molar-refractivity contribution in [3.05, 3.63) is 42.1 Å². The number of carbonyl (C=O) groups excluding carboxylic acids is 1. The monoisotopic (exact) mass is 386 g/mol. The van der Waals surface area contributed by atoms with Gasteiger partial charge in [-0.2, -0.15) is 5.10 Å². The van der Waals surface area contributed by atoms with Crippen LogP contribution in [0.5, 0.6) is 0 Å². The number of amides is 1. The van der Waals surface area contributed by atoms with Crippen LogP contribution in [0.4, 0.5) is 5.82 Å². The Labute approximate surface area is 168 Å². The minimum atomic E-state index is -0.865.